The number of benzene rings is 2. The van der Waals surface area contributed by atoms with E-state index in [2.05, 4.69) is 4.90 Å². The molecule has 2 aromatic rings. The van der Waals surface area contributed by atoms with E-state index in [-0.39, 0.29) is 11.9 Å². The zero-order valence-electron chi connectivity index (χ0n) is 15.8. The maximum Gasteiger partial charge on any atom is 0.243 e. The van der Waals surface area contributed by atoms with E-state index in [1.165, 1.54) is 4.31 Å². The van der Waals surface area contributed by atoms with Gasteiger partial charge in [-0.15, -0.1) is 0 Å². The minimum atomic E-state index is -3.53. The molecule has 6 nitrogen and oxygen atoms in total. The molecule has 2 saturated heterocycles. The van der Waals surface area contributed by atoms with E-state index < -0.39 is 10.0 Å². The van der Waals surface area contributed by atoms with Gasteiger partial charge < -0.3 is 4.90 Å². The molecule has 2 aromatic carbocycles. The minimum Gasteiger partial charge on any atom is -0.336 e. The summed E-state index contributed by atoms with van der Waals surface area (Å²) in [5, 5.41) is 0. The summed E-state index contributed by atoms with van der Waals surface area (Å²) >= 11 is 0. The molecule has 1 atom stereocenters. The molecule has 28 heavy (non-hydrogen) atoms. The number of rotatable bonds is 4. The van der Waals surface area contributed by atoms with E-state index in [9.17, 15) is 13.2 Å². The lowest BCUT2D eigenvalue weighted by atomic mass is 10.1. The lowest BCUT2D eigenvalue weighted by Gasteiger charge is -2.39. The Labute approximate surface area is 166 Å². The lowest BCUT2D eigenvalue weighted by Crippen LogP contribution is -2.56. The van der Waals surface area contributed by atoms with Gasteiger partial charge in [0.2, 0.25) is 15.9 Å². The minimum absolute atomic E-state index is 0.106. The van der Waals surface area contributed by atoms with Gasteiger partial charge in [-0.1, -0.05) is 48.5 Å². The molecule has 0 bridgehead atoms. The van der Waals surface area contributed by atoms with E-state index in [4.69, 9.17) is 0 Å². The SMILES string of the molecule is O=C1C2CCN(S(=O)(=O)c3ccccc3)CCN2CCN1Cc1ccccc1. The lowest BCUT2D eigenvalue weighted by molar-refractivity contribution is -0.142. The fourth-order valence-corrected chi connectivity index (χ4v) is 5.48. The van der Waals surface area contributed by atoms with Crippen LogP contribution in [0.15, 0.2) is 65.6 Å². The molecule has 7 heteroatoms. The van der Waals surface area contributed by atoms with Crippen molar-refractivity contribution in [1.82, 2.24) is 14.1 Å². The molecular formula is C21H25N3O3S. The van der Waals surface area contributed by atoms with E-state index in [0.29, 0.717) is 44.0 Å². The summed E-state index contributed by atoms with van der Waals surface area (Å²) < 4.78 is 27.4. The maximum atomic E-state index is 13.1. The van der Waals surface area contributed by atoms with Crippen molar-refractivity contribution in [3.05, 3.63) is 66.2 Å². The first-order valence-electron chi connectivity index (χ1n) is 9.68. The highest BCUT2D eigenvalue weighted by Crippen LogP contribution is 2.23. The number of nitrogens with zero attached hydrogens (tertiary/aromatic N) is 3. The number of sulfonamides is 1. The molecule has 2 aliphatic rings. The van der Waals surface area contributed by atoms with Crippen molar-refractivity contribution in [3.8, 4) is 0 Å². The molecule has 0 N–H and O–H groups in total. The van der Waals surface area contributed by atoms with Crippen LogP contribution in [0.5, 0.6) is 0 Å². The molecule has 2 heterocycles. The first-order chi connectivity index (χ1) is 13.6. The van der Waals surface area contributed by atoms with Crippen LogP contribution in [-0.4, -0.2) is 67.2 Å². The normalized spacial score (nSPS) is 21.9. The Bertz CT molecular complexity index is 918. The molecule has 0 radical (unpaired) electrons. The Hall–Kier alpha value is -2.22. The van der Waals surface area contributed by atoms with Crippen LogP contribution in [0.1, 0.15) is 12.0 Å². The molecule has 2 fully saturated rings. The fraction of sp³-hybridized carbons (Fsp3) is 0.381. The first kappa shape index (κ1) is 19.1. The Kier molecular flexibility index (Phi) is 5.48. The number of hydrogen-bond acceptors (Lipinski definition) is 4. The number of piperazine rings is 1. The Balaban J connectivity index is 1.47. The zero-order chi connectivity index (χ0) is 19.6. The average molecular weight is 400 g/mol. The summed E-state index contributed by atoms with van der Waals surface area (Å²) in [7, 11) is -3.53. The van der Waals surface area contributed by atoms with Crippen LogP contribution in [0, 0.1) is 0 Å². The number of carbonyl (C=O) groups excluding carboxylic acids is 1. The van der Waals surface area contributed by atoms with E-state index in [0.717, 1.165) is 12.1 Å². The highest BCUT2D eigenvalue weighted by Gasteiger charge is 2.38. The van der Waals surface area contributed by atoms with Gasteiger partial charge in [0.15, 0.2) is 0 Å². The summed E-state index contributed by atoms with van der Waals surface area (Å²) in [6, 6.07) is 18.3. The van der Waals surface area contributed by atoms with Crippen LogP contribution in [0.3, 0.4) is 0 Å². The summed E-state index contributed by atoms with van der Waals surface area (Å²) in [4.78, 5) is 17.4. The third kappa shape index (κ3) is 3.83. The molecule has 2 aliphatic heterocycles. The summed E-state index contributed by atoms with van der Waals surface area (Å²) in [6.45, 7) is 3.43. The monoisotopic (exact) mass is 399 g/mol. The zero-order valence-corrected chi connectivity index (χ0v) is 16.6. The standard InChI is InChI=1S/C21H25N3O3S/c25-21-20-11-12-24(28(26,27)19-9-5-2-6-10-19)16-15-22(20)13-14-23(21)17-18-7-3-1-4-8-18/h1-10,20H,11-17H2. The van der Waals surface area contributed by atoms with Gasteiger partial charge in [0.05, 0.1) is 10.9 Å². The van der Waals surface area contributed by atoms with Crippen molar-refractivity contribution >= 4 is 15.9 Å². The molecule has 1 amide bonds. The first-order valence-corrected chi connectivity index (χ1v) is 11.1. The molecule has 0 aromatic heterocycles. The van der Waals surface area contributed by atoms with Gasteiger partial charge >= 0.3 is 0 Å². The van der Waals surface area contributed by atoms with Crippen molar-refractivity contribution in [1.29, 1.82) is 0 Å². The third-order valence-electron chi connectivity index (χ3n) is 5.58. The summed E-state index contributed by atoms with van der Waals surface area (Å²) in [5.41, 5.74) is 1.12. The van der Waals surface area contributed by atoms with Gasteiger partial charge in [0.25, 0.3) is 0 Å². The molecular weight excluding hydrogens is 374 g/mol. The van der Waals surface area contributed by atoms with Gasteiger partial charge in [0.1, 0.15) is 0 Å². The molecule has 1 unspecified atom stereocenters. The molecule has 0 spiro atoms. The second kappa shape index (κ2) is 8.03. The second-order valence-corrected chi connectivity index (χ2v) is 9.24. The van der Waals surface area contributed by atoms with Gasteiger partial charge in [-0.25, -0.2) is 8.42 Å². The predicted molar refractivity (Wildman–Crippen MR) is 107 cm³/mol. The highest BCUT2D eigenvalue weighted by atomic mass is 32.2. The predicted octanol–water partition coefficient (Wildman–Crippen LogP) is 1.79. The van der Waals surface area contributed by atoms with Gasteiger partial charge in [-0.3, -0.25) is 9.69 Å². The summed E-state index contributed by atoms with van der Waals surface area (Å²) in [5.74, 6) is 0.106. The van der Waals surface area contributed by atoms with Crippen LogP contribution in [-0.2, 0) is 21.4 Å². The van der Waals surface area contributed by atoms with E-state index >= 15 is 0 Å². The molecule has 0 aliphatic carbocycles. The smallest absolute Gasteiger partial charge is 0.243 e. The Morgan fingerprint density at radius 2 is 1.46 bits per heavy atom. The van der Waals surface area contributed by atoms with E-state index in [1.807, 2.05) is 41.3 Å². The number of hydrogen-bond donors (Lipinski definition) is 0. The molecule has 148 valence electrons. The van der Waals surface area contributed by atoms with Crippen LogP contribution in [0.2, 0.25) is 0 Å². The van der Waals surface area contributed by atoms with Crippen molar-refractivity contribution in [3.63, 3.8) is 0 Å². The quantitative estimate of drug-likeness (QED) is 0.787. The van der Waals surface area contributed by atoms with Crippen molar-refractivity contribution in [2.24, 2.45) is 0 Å². The van der Waals surface area contributed by atoms with Crippen LogP contribution in [0.4, 0.5) is 0 Å². The Morgan fingerprint density at radius 3 is 2.18 bits per heavy atom. The number of amides is 1. The number of carbonyl (C=O) groups is 1. The maximum absolute atomic E-state index is 13.1. The van der Waals surface area contributed by atoms with Crippen LogP contribution in [0.25, 0.3) is 0 Å². The van der Waals surface area contributed by atoms with Crippen molar-refractivity contribution in [2.75, 3.05) is 32.7 Å². The van der Waals surface area contributed by atoms with E-state index in [1.54, 1.807) is 24.3 Å². The Morgan fingerprint density at radius 1 is 0.821 bits per heavy atom. The average Bonchev–Trinajstić information content (AvgIpc) is 2.95. The van der Waals surface area contributed by atoms with Crippen molar-refractivity contribution in [2.45, 2.75) is 23.9 Å². The third-order valence-corrected chi connectivity index (χ3v) is 7.49. The summed E-state index contributed by atoms with van der Waals surface area (Å²) in [6.07, 6.45) is 0.524. The van der Waals surface area contributed by atoms with Crippen molar-refractivity contribution < 1.29 is 13.2 Å². The van der Waals surface area contributed by atoms with Gasteiger partial charge in [-0.05, 0) is 24.1 Å². The molecule has 4 rings (SSSR count). The fourth-order valence-electron chi connectivity index (χ4n) is 4.02. The van der Waals surface area contributed by atoms with Gasteiger partial charge in [-0.2, -0.15) is 4.31 Å². The second-order valence-electron chi connectivity index (χ2n) is 7.30. The number of fused-ring (bicyclic) bond motifs is 1. The van der Waals surface area contributed by atoms with Crippen LogP contribution < -0.4 is 0 Å². The highest BCUT2D eigenvalue weighted by molar-refractivity contribution is 7.89. The van der Waals surface area contributed by atoms with Crippen LogP contribution >= 0.6 is 0 Å². The van der Waals surface area contributed by atoms with Gasteiger partial charge in [0, 0.05) is 39.3 Å². The largest absolute Gasteiger partial charge is 0.336 e. The topological polar surface area (TPSA) is 60.9 Å². The molecule has 0 saturated carbocycles.